The molecular formula is C17H22N4O2S. The van der Waals surface area contributed by atoms with Gasteiger partial charge in [-0.05, 0) is 43.7 Å². The summed E-state index contributed by atoms with van der Waals surface area (Å²) in [5.41, 5.74) is 8.76. The number of rotatable bonds is 6. The number of guanidine groups is 1. The van der Waals surface area contributed by atoms with Gasteiger partial charge in [0.05, 0.1) is 11.4 Å². The van der Waals surface area contributed by atoms with Gasteiger partial charge < -0.3 is 11.1 Å². The first-order valence-corrected chi connectivity index (χ1v) is 9.05. The van der Waals surface area contributed by atoms with E-state index < -0.39 is 10.0 Å². The molecule has 0 aliphatic rings. The van der Waals surface area contributed by atoms with E-state index in [0.29, 0.717) is 0 Å². The third-order valence-corrected chi connectivity index (χ3v) is 4.78. The van der Waals surface area contributed by atoms with Gasteiger partial charge in [0.2, 0.25) is 10.0 Å². The number of nitrogens with zero attached hydrogens (tertiary/aromatic N) is 1. The minimum atomic E-state index is -3.52. The van der Waals surface area contributed by atoms with E-state index in [2.05, 4.69) is 15.0 Å². The highest BCUT2D eigenvalue weighted by Crippen LogP contribution is 2.10. The first kappa shape index (κ1) is 18.0. The summed E-state index contributed by atoms with van der Waals surface area (Å²) < 4.78 is 26.7. The van der Waals surface area contributed by atoms with Gasteiger partial charge in [0.1, 0.15) is 0 Å². The van der Waals surface area contributed by atoms with Crippen molar-refractivity contribution in [1.29, 1.82) is 0 Å². The Morgan fingerprint density at radius 2 is 1.79 bits per heavy atom. The van der Waals surface area contributed by atoms with Gasteiger partial charge in [-0.1, -0.05) is 29.8 Å². The Labute approximate surface area is 142 Å². The maximum absolute atomic E-state index is 12.1. The molecule has 0 atom stereocenters. The van der Waals surface area contributed by atoms with Gasteiger partial charge in [-0.2, -0.15) is 0 Å². The molecule has 2 rings (SSSR count). The van der Waals surface area contributed by atoms with Crippen LogP contribution in [0.3, 0.4) is 0 Å². The molecule has 0 aliphatic carbocycles. The molecule has 0 fully saturated rings. The Kier molecular flexibility index (Phi) is 5.94. The molecule has 0 saturated heterocycles. The minimum Gasteiger partial charge on any atom is -0.370 e. The van der Waals surface area contributed by atoms with Crippen LogP contribution in [0.15, 0.2) is 58.4 Å². The largest absolute Gasteiger partial charge is 0.370 e. The predicted octanol–water partition coefficient (Wildman–Crippen LogP) is 2.01. The fraction of sp³-hybridized carbons (Fsp3) is 0.235. The molecule has 24 heavy (non-hydrogen) atoms. The van der Waals surface area contributed by atoms with Gasteiger partial charge in [0, 0.05) is 12.2 Å². The minimum absolute atomic E-state index is 0.173. The van der Waals surface area contributed by atoms with Crippen LogP contribution in [0.2, 0.25) is 0 Å². The molecule has 0 saturated carbocycles. The molecule has 4 N–H and O–H groups in total. The van der Waals surface area contributed by atoms with Gasteiger partial charge in [-0.15, -0.1) is 0 Å². The Balaban J connectivity index is 1.86. The lowest BCUT2D eigenvalue weighted by molar-refractivity contribution is 0.582. The average molecular weight is 346 g/mol. The molecule has 128 valence electrons. The van der Waals surface area contributed by atoms with E-state index >= 15 is 0 Å². The van der Waals surface area contributed by atoms with Crippen LogP contribution >= 0.6 is 0 Å². The number of benzene rings is 2. The van der Waals surface area contributed by atoms with E-state index in [4.69, 9.17) is 5.73 Å². The van der Waals surface area contributed by atoms with Crippen molar-refractivity contribution >= 4 is 21.7 Å². The van der Waals surface area contributed by atoms with Gasteiger partial charge in [0.15, 0.2) is 5.96 Å². The molecule has 0 radical (unpaired) electrons. The summed E-state index contributed by atoms with van der Waals surface area (Å²) in [6, 6.07) is 14.4. The van der Waals surface area contributed by atoms with Gasteiger partial charge in [-0.3, -0.25) is 4.99 Å². The monoisotopic (exact) mass is 346 g/mol. The molecule has 7 heteroatoms. The molecule has 6 nitrogen and oxygen atoms in total. The summed E-state index contributed by atoms with van der Waals surface area (Å²) in [5.74, 6) is 0.245. The highest BCUT2D eigenvalue weighted by Gasteiger charge is 2.12. The highest BCUT2D eigenvalue weighted by atomic mass is 32.2. The summed E-state index contributed by atoms with van der Waals surface area (Å²) >= 11 is 0. The summed E-state index contributed by atoms with van der Waals surface area (Å²) in [4.78, 5) is 4.36. The zero-order chi connectivity index (χ0) is 17.6. The van der Waals surface area contributed by atoms with Gasteiger partial charge in [-0.25, -0.2) is 13.1 Å². The molecule has 0 spiro atoms. The van der Waals surface area contributed by atoms with Crippen molar-refractivity contribution in [2.24, 2.45) is 10.7 Å². The lowest BCUT2D eigenvalue weighted by Crippen LogP contribution is -2.28. The van der Waals surface area contributed by atoms with Crippen molar-refractivity contribution in [2.45, 2.75) is 18.7 Å². The molecule has 0 aromatic heterocycles. The molecule has 2 aromatic rings. The molecule has 0 unspecified atom stereocenters. The topological polar surface area (TPSA) is 96.6 Å². The molecule has 0 bridgehead atoms. The van der Waals surface area contributed by atoms with Crippen LogP contribution in [0, 0.1) is 13.8 Å². The van der Waals surface area contributed by atoms with Crippen molar-refractivity contribution in [3.63, 3.8) is 0 Å². The summed E-state index contributed by atoms with van der Waals surface area (Å²) in [7, 11) is -3.52. The van der Waals surface area contributed by atoms with E-state index in [1.165, 1.54) is 0 Å². The van der Waals surface area contributed by atoms with Crippen molar-refractivity contribution in [3.05, 3.63) is 59.7 Å². The summed E-state index contributed by atoms with van der Waals surface area (Å²) in [5, 5.41) is 2.97. The lowest BCUT2D eigenvalue weighted by Gasteiger charge is -2.08. The first-order chi connectivity index (χ1) is 11.4. The van der Waals surface area contributed by atoms with Crippen LogP contribution in [-0.2, 0) is 10.0 Å². The normalized spacial score (nSPS) is 12.2. The fourth-order valence-corrected chi connectivity index (χ4v) is 3.09. The Hall–Kier alpha value is -2.38. The Morgan fingerprint density at radius 1 is 1.08 bits per heavy atom. The number of hydrogen-bond donors (Lipinski definition) is 3. The van der Waals surface area contributed by atoms with E-state index in [9.17, 15) is 8.42 Å². The van der Waals surface area contributed by atoms with Gasteiger partial charge in [0.25, 0.3) is 0 Å². The third kappa shape index (κ3) is 5.36. The maximum Gasteiger partial charge on any atom is 0.240 e. The van der Waals surface area contributed by atoms with Crippen molar-refractivity contribution in [2.75, 3.05) is 18.4 Å². The maximum atomic E-state index is 12.1. The quantitative estimate of drug-likeness (QED) is 0.423. The molecular weight excluding hydrogens is 324 g/mol. The SMILES string of the molecule is Cc1ccc(S(=O)(=O)NCCN=C(N)Nc2cccc(C)c2)cc1. The smallest absolute Gasteiger partial charge is 0.240 e. The van der Waals surface area contributed by atoms with Crippen LogP contribution in [0.4, 0.5) is 5.69 Å². The third-order valence-electron chi connectivity index (χ3n) is 3.31. The van der Waals surface area contributed by atoms with Crippen LogP contribution in [0.5, 0.6) is 0 Å². The van der Waals surface area contributed by atoms with Crippen molar-refractivity contribution in [3.8, 4) is 0 Å². The molecule has 0 aliphatic heterocycles. The summed E-state index contributed by atoms with van der Waals surface area (Å²) in [6.07, 6.45) is 0. The van der Waals surface area contributed by atoms with Gasteiger partial charge >= 0.3 is 0 Å². The molecule has 0 heterocycles. The molecule has 2 aromatic carbocycles. The van der Waals surface area contributed by atoms with Crippen LogP contribution in [0.25, 0.3) is 0 Å². The number of aliphatic imine (C=N–C) groups is 1. The number of nitrogens with one attached hydrogen (secondary N) is 2. The standard InChI is InChI=1S/C17H22N4O2S/c1-13-6-8-16(9-7-13)24(22,23)20-11-10-19-17(18)21-15-5-3-4-14(2)12-15/h3-9,12,20H,10-11H2,1-2H3,(H3,18,19,21). The first-order valence-electron chi connectivity index (χ1n) is 7.57. The number of nitrogens with two attached hydrogens (primary N) is 1. The fourth-order valence-electron chi connectivity index (χ4n) is 2.07. The van der Waals surface area contributed by atoms with E-state index in [1.54, 1.807) is 24.3 Å². The second-order valence-corrected chi connectivity index (χ2v) is 7.24. The van der Waals surface area contributed by atoms with Crippen LogP contribution in [0.1, 0.15) is 11.1 Å². The number of aryl methyl sites for hydroxylation is 2. The zero-order valence-corrected chi connectivity index (χ0v) is 14.6. The number of hydrogen-bond acceptors (Lipinski definition) is 3. The number of anilines is 1. The van der Waals surface area contributed by atoms with Crippen molar-refractivity contribution < 1.29 is 8.42 Å². The zero-order valence-electron chi connectivity index (χ0n) is 13.8. The highest BCUT2D eigenvalue weighted by molar-refractivity contribution is 7.89. The Bertz CT molecular complexity index is 815. The van der Waals surface area contributed by atoms with Crippen LogP contribution < -0.4 is 15.8 Å². The predicted molar refractivity (Wildman–Crippen MR) is 97.7 cm³/mol. The number of sulfonamides is 1. The van der Waals surface area contributed by atoms with Crippen molar-refractivity contribution in [1.82, 2.24) is 4.72 Å². The van der Waals surface area contributed by atoms with E-state index in [0.717, 1.165) is 16.8 Å². The Morgan fingerprint density at radius 3 is 2.46 bits per heavy atom. The average Bonchev–Trinajstić information content (AvgIpc) is 2.52. The van der Waals surface area contributed by atoms with E-state index in [1.807, 2.05) is 38.1 Å². The van der Waals surface area contributed by atoms with Crippen LogP contribution in [-0.4, -0.2) is 27.5 Å². The summed E-state index contributed by atoms with van der Waals surface area (Å²) in [6.45, 7) is 4.31. The molecule has 0 amide bonds. The lowest BCUT2D eigenvalue weighted by atomic mass is 10.2. The second-order valence-electron chi connectivity index (χ2n) is 5.47. The second kappa shape index (κ2) is 7.94. The van der Waals surface area contributed by atoms with E-state index in [-0.39, 0.29) is 23.9 Å².